The summed E-state index contributed by atoms with van der Waals surface area (Å²) in [5.41, 5.74) is 1.59. The molecule has 0 radical (unpaired) electrons. The van der Waals surface area contributed by atoms with Crippen LogP contribution < -0.4 is 15.4 Å². The van der Waals surface area contributed by atoms with E-state index < -0.39 is 11.7 Å². The molecule has 1 fully saturated rings. The minimum Gasteiger partial charge on any atom is -0.462 e. The number of piperidine rings is 1. The van der Waals surface area contributed by atoms with Gasteiger partial charge < -0.3 is 20.5 Å². The van der Waals surface area contributed by atoms with E-state index in [0.717, 1.165) is 55.9 Å². The monoisotopic (exact) mass is 437 g/mol. The van der Waals surface area contributed by atoms with E-state index in [1.807, 2.05) is 0 Å². The lowest BCUT2D eigenvalue weighted by Gasteiger charge is -2.29. The van der Waals surface area contributed by atoms with Crippen molar-refractivity contribution in [2.24, 2.45) is 0 Å². The predicted octanol–water partition coefficient (Wildman–Crippen LogP) is 2.72. The fourth-order valence-corrected chi connectivity index (χ4v) is 3.79. The van der Waals surface area contributed by atoms with Gasteiger partial charge in [-0.1, -0.05) is 0 Å². The molecule has 31 heavy (non-hydrogen) atoms. The Morgan fingerprint density at radius 3 is 2.61 bits per heavy atom. The zero-order valence-electron chi connectivity index (χ0n) is 17.1. The fourth-order valence-electron chi connectivity index (χ4n) is 3.79. The quantitative estimate of drug-likeness (QED) is 0.641. The first-order valence-electron chi connectivity index (χ1n) is 10.5. The Morgan fingerprint density at radius 1 is 1.16 bits per heavy atom. The molecule has 0 atom stereocenters. The average molecular weight is 437 g/mol. The normalized spacial score (nSPS) is 17.9. The van der Waals surface area contributed by atoms with E-state index in [2.05, 4.69) is 25.5 Å². The molecule has 1 saturated heterocycles. The zero-order valence-corrected chi connectivity index (χ0v) is 17.1. The Labute approximate surface area is 178 Å². The van der Waals surface area contributed by atoms with Gasteiger partial charge in [-0.15, -0.1) is 0 Å². The van der Waals surface area contributed by atoms with Gasteiger partial charge in [-0.25, -0.2) is 0 Å². The van der Waals surface area contributed by atoms with Crippen LogP contribution in [0, 0.1) is 0 Å². The molecule has 2 aromatic rings. The zero-order chi connectivity index (χ0) is 21.8. The maximum atomic E-state index is 12.8. The van der Waals surface area contributed by atoms with Crippen LogP contribution in [0.25, 0.3) is 0 Å². The Bertz CT molecular complexity index is 884. The molecular formula is C21H26F3N5O2. The summed E-state index contributed by atoms with van der Waals surface area (Å²) >= 11 is 0. The summed E-state index contributed by atoms with van der Waals surface area (Å²) in [4.78, 5) is 11.2. The van der Waals surface area contributed by atoms with E-state index >= 15 is 0 Å². The number of hydrogen-bond donors (Lipinski definition) is 3. The Morgan fingerprint density at radius 2 is 1.90 bits per heavy atom. The highest BCUT2D eigenvalue weighted by Crippen LogP contribution is 2.31. The largest absolute Gasteiger partial charge is 0.462 e. The number of nitrogens with zero attached hydrogens (tertiary/aromatic N) is 3. The number of ether oxygens (including phenoxy) is 1. The van der Waals surface area contributed by atoms with E-state index in [4.69, 9.17) is 4.74 Å². The van der Waals surface area contributed by atoms with Crippen LogP contribution in [0.2, 0.25) is 0 Å². The Hall–Kier alpha value is -2.43. The van der Waals surface area contributed by atoms with Gasteiger partial charge in [0.1, 0.15) is 12.4 Å². The summed E-state index contributed by atoms with van der Waals surface area (Å²) in [6, 6.07) is 5.12. The highest BCUT2D eigenvalue weighted by atomic mass is 19.4. The summed E-state index contributed by atoms with van der Waals surface area (Å²) in [5.74, 6) is 0.558. The van der Waals surface area contributed by atoms with Gasteiger partial charge in [0.05, 0.1) is 17.4 Å². The third-order valence-corrected chi connectivity index (χ3v) is 5.59. The molecule has 2 aliphatic rings. The molecule has 0 bridgehead atoms. The second kappa shape index (κ2) is 9.37. The minimum atomic E-state index is -4.37. The second-order valence-corrected chi connectivity index (χ2v) is 7.83. The molecule has 4 rings (SSSR count). The van der Waals surface area contributed by atoms with Crippen molar-refractivity contribution in [2.45, 2.75) is 38.1 Å². The number of nitrogens with one attached hydrogen (secondary N) is 2. The van der Waals surface area contributed by atoms with Crippen molar-refractivity contribution in [1.29, 1.82) is 0 Å². The van der Waals surface area contributed by atoms with E-state index in [0.29, 0.717) is 37.6 Å². The first kappa shape index (κ1) is 21.8. The number of aromatic nitrogens is 2. The molecule has 1 aromatic heterocycles. The van der Waals surface area contributed by atoms with Crippen LogP contribution in [0.15, 0.2) is 24.3 Å². The molecule has 10 heteroatoms. The van der Waals surface area contributed by atoms with Gasteiger partial charge in [-0.3, -0.25) is 4.90 Å². The molecule has 0 unspecified atom stereocenters. The highest BCUT2D eigenvalue weighted by Gasteiger charge is 2.30. The minimum absolute atomic E-state index is 0.215. The molecule has 3 heterocycles. The molecule has 0 aliphatic carbocycles. The van der Waals surface area contributed by atoms with Crippen LogP contribution in [0.3, 0.4) is 0 Å². The van der Waals surface area contributed by atoms with Crippen LogP contribution in [-0.2, 0) is 19.1 Å². The van der Waals surface area contributed by atoms with Gasteiger partial charge in [0.2, 0.25) is 0 Å². The molecule has 0 amide bonds. The second-order valence-electron chi connectivity index (χ2n) is 7.83. The molecule has 3 N–H and O–H groups in total. The lowest BCUT2D eigenvalue weighted by atomic mass is 10.1. The molecule has 168 valence electrons. The van der Waals surface area contributed by atoms with Gasteiger partial charge in [-0.2, -0.15) is 23.1 Å². The van der Waals surface area contributed by atoms with Crippen LogP contribution in [-0.4, -0.2) is 58.9 Å². The van der Waals surface area contributed by atoms with E-state index in [1.54, 1.807) is 0 Å². The van der Waals surface area contributed by atoms with Gasteiger partial charge in [-0.05, 0) is 50.1 Å². The lowest BCUT2D eigenvalue weighted by molar-refractivity contribution is -0.137. The standard InChI is InChI=1S/C21H26F3N5O2/c22-21(23,24)14-1-3-15(4-2-14)26-19-17-5-8-25-13-18(17)27-20(28-19)31-12-11-29-9-6-16(30)7-10-29/h1-4,16,25,30H,5-13H2,(H,26,27,28). The van der Waals surface area contributed by atoms with Crippen molar-refractivity contribution in [3.63, 3.8) is 0 Å². The van der Waals surface area contributed by atoms with E-state index in [-0.39, 0.29) is 12.1 Å². The predicted molar refractivity (Wildman–Crippen MR) is 109 cm³/mol. The molecule has 0 spiro atoms. The SMILES string of the molecule is OC1CCN(CCOc2nc3c(c(Nc4ccc(C(F)(F)F)cc4)n2)CCNC3)CC1. The summed E-state index contributed by atoms with van der Waals surface area (Å²) in [5, 5.41) is 16.0. The van der Waals surface area contributed by atoms with Crippen molar-refractivity contribution in [1.82, 2.24) is 20.2 Å². The number of anilines is 2. The topological polar surface area (TPSA) is 82.5 Å². The van der Waals surface area contributed by atoms with Crippen molar-refractivity contribution < 1.29 is 23.0 Å². The maximum absolute atomic E-state index is 12.8. The number of halogens is 3. The average Bonchev–Trinajstić information content (AvgIpc) is 2.75. The summed E-state index contributed by atoms with van der Waals surface area (Å²) < 4.78 is 44.2. The van der Waals surface area contributed by atoms with Crippen LogP contribution in [0.1, 0.15) is 29.7 Å². The lowest BCUT2D eigenvalue weighted by Crippen LogP contribution is -2.38. The smallest absolute Gasteiger partial charge is 0.416 e. The number of hydrogen-bond acceptors (Lipinski definition) is 7. The number of aliphatic hydroxyl groups excluding tert-OH is 1. The summed E-state index contributed by atoms with van der Waals surface area (Å²) in [7, 11) is 0. The third-order valence-electron chi connectivity index (χ3n) is 5.59. The first-order chi connectivity index (χ1) is 14.9. The molecule has 0 saturated carbocycles. The first-order valence-corrected chi connectivity index (χ1v) is 10.5. The number of rotatable bonds is 6. The van der Waals surface area contributed by atoms with Crippen LogP contribution in [0.4, 0.5) is 24.7 Å². The molecule has 2 aliphatic heterocycles. The van der Waals surface area contributed by atoms with Crippen molar-refractivity contribution in [3.8, 4) is 6.01 Å². The Balaban J connectivity index is 1.45. The van der Waals surface area contributed by atoms with E-state index in [1.165, 1.54) is 12.1 Å². The van der Waals surface area contributed by atoms with Crippen molar-refractivity contribution in [2.75, 3.05) is 38.1 Å². The summed E-state index contributed by atoms with van der Waals surface area (Å²) in [6.45, 7) is 4.16. The fraction of sp³-hybridized carbons (Fsp3) is 0.524. The van der Waals surface area contributed by atoms with Gasteiger partial charge in [0, 0.05) is 37.4 Å². The Kier molecular flexibility index (Phi) is 6.59. The number of aliphatic hydroxyl groups is 1. The highest BCUT2D eigenvalue weighted by molar-refractivity contribution is 5.61. The van der Waals surface area contributed by atoms with Crippen LogP contribution in [0.5, 0.6) is 6.01 Å². The van der Waals surface area contributed by atoms with Gasteiger partial charge >= 0.3 is 12.2 Å². The molecule has 1 aromatic carbocycles. The van der Waals surface area contributed by atoms with Crippen LogP contribution >= 0.6 is 0 Å². The van der Waals surface area contributed by atoms with Crippen molar-refractivity contribution >= 4 is 11.5 Å². The number of fused-ring (bicyclic) bond motifs is 1. The van der Waals surface area contributed by atoms with E-state index in [9.17, 15) is 18.3 Å². The van der Waals surface area contributed by atoms with Crippen molar-refractivity contribution in [3.05, 3.63) is 41.1 Å². The van der Waals surface area contributed by atoms with Gasteiger partial charge in [0.25, 0.3) is 0 Å². The van der Waals surface area contributed by atoms with Gasteiger partial charge in [0.15, 0.2) is 0 Å². The number of alkyl halides is 3. The molecule has 7 nitrogen and oxygen atoms in total. The summed E-state index contributed by atoms with van der Waals surface area (Å²) in [6.07, 6.45) is -2.34. The number of benzene rings is 1. The maximum Gasteiger partial charge on any atom is 0.416 e. The third kappa shape index (κ3) is 5.63. The number of likely N-dealkylation sites (tertiary alicyclic amines) is 1. The molecular weight excluding hydrogens is 411 g/mol.